The highest BCUT2D eigenvalue weighted by Crippen LogP contribution is 2.39. The molecule has 0 aliphatic rings. The molecular formula is C24H26F3N3OS. The molecule has 8 heteroatoms. The Bertz CT molecular complexity index is 1030. The Hall–Kier alpha value is -2.87. The third-order valence-electron chi connectivity index (χ3n) is 4.68. The summed E-state index contributed by atoms with van der Waals surface area (Å²) in [6, 6.07) is 7.77. The molecule has 0 bridgehead atoms. The van der Waals surface area contributed by atoms with Crippen molar-refractivity contribution in [3.8, 4) is 17.0 Å². The summed E-state index contributed by atoms with van der Waals surface area (Å²) in [6.45, 7) is 4.20. The molecule has 3 aromatic rings. The number of rotatable bonds is 10. The van der Waals surface area contributed by atoms with Crippen LogP contribution in [0.1, 0.15) is 43.9 Å². The second kappa shape index (κ2) is 11.1. The van der Waals surface area contributed by atoms with Gasteiger partial charge < -0.3 is 10.1 Å². The second-order valence-electron chi connectivity index (χ2n) is 7.31. The number of allylic oxidation sites excluding steroid dienone is 1. The SMILES string of the molecule is CCCCC=CCCOc1ccc(Nc2nc(-c3ccc(C)nc3)cs2)cc1C(F)(F)F. The van der Waals surface area contributed by atoms with Gasteiger partial charge in [-0.25, -0.2) is 4.98 Å². The average Bonchev–Trinajstić information content (AvgIpc) is 3.22. The molecule has 0 saturated heterocycles. The van der Waals surface area contributed by atoms with Crippen LogP contribution in [0.5, 0.6) is 5.75 Å². The zero-order valence-electron chi connectivity index (χ0n) is 18.1. The van der Waals surface area contributed by atoms with Crippen molar-refractivity contribution in [1.82, 2.24) is 9.97 Å². The molecule has 32 heavy (non-hydrogen) atoms. The van der Waals surface area contributed by atoms with Gasteiger partial charge in [0.1, 0.15) is 5.75 Å². The second-order valence-corrected chi connectivity index (χ2v) is 8.17. The third-order valence-corrected chi connectivity index (χ3v) is 5.44. The molecule has 2 aromatic heterocycles. The summed E-state index contributed by atoms with van der Waals surface area (Å²) in [5.74, 6) is -0.171. The molecule has 0 aliphatic heterocycles. The normalized spacial score (nSPS) is 11.8. The van der Waals surface area contributed by atoms with Crippen LogP contribution in [0, 0.1) is 6.92 Å². The van der Waals surface area contributed by atoms with Crippen LogP contribution >= 0.6 is 11.3 Å². The minimum atomic E-state index is -4.52. The Kier molecular flexibility index (Phi) is 8.27. The molecular weight excluding hydrogens is 435 g/mol. The maximum absolute atomic E-state index is 13.6. The number of hydrogen-bond donors (Lipinski definition) is 1. The lowest BCUT2D eigenvalue weighted by molar-refractivity contribution is -0.138. The number of anilines is 2. The minimum Gasteiger partial charge on any atom is -0.493 e. The maximum Gasteiger partial charge on any atom is 0.420 e. The lowest BCUT2D eigenvalue weighted by atomic mass is 10.1. The van der Waals surface area contributed by atoms with Gasteiger partial charge in [0.2, 0.25) is 0 Å². The topological polar surface area (TPSA) is 47.0 Å². The van der Waals surface area contributed by atoms with Gasteiger partial charge in [-0.3, -0.25) is 4.98 Å². The van der Waals surface area contributed by atoms with E-state index in [1.54, 1.807) is 12.3 Å². The molecule has 0 unspecified atom stereocenters. The zero-order valence-corrected chi connectivity index (χ0v) is 18.9. The summed E-state index contributed by atoms with van der Waals surface area (Å²) in [4.78, 5) is 8.71. The zero-order chi connectivity index (χ0) is 23.0. The third kappa shape index (κ3) is 6.82. The summed E-state index contributed by atoms with van der Waals surface area (Å²) in [5.41, 5.74) is 1.96. The van der Waals surface area contributed by atoms with Crippen molar-refractivity contribution in [3.05, 3.63) is 65.3 Å². The van der Waals surface area contributed by atoms with Crippen molar-refractivity contribution in [2.75, 3.05) is 11.9 Å². The van der Waals surface area contributed by atoms with Gasteiger partial charge in [0.05, 0.1) is 17.9 Å². The molecule has 1 N–H and O–H groups in total. The van der Waals surface area contributed by atoms with Gasteiger partial charge >= 0.3 is 6.18 Å². The molecule has 1 aromatic carbocycles. The van der Waals surface area contributed by atoms with Gasteiger partial charge in [0.25, 0.3) is 0 Å². The lowest BCUT2D eigenvalue weighted by Crippen LogP contribution is -2.10. The van der Waals surface area contributed by atoms with Crippen LogP contribution in [0.15, 0.2) is 54.1 Å². The minimum absolute atomic E-state index is 0.171. The maximum atomic E-state index is 13.6. The molecule has 2 heterocycles. The first kappa shape index (κ1) is 23.8. The van der Waals surface area contributed by atoms with Gasteiger partial charge in [-0.15, -0.1) is 11.3 Å². The molecule has 0 saturated carbocycles. The van der Waals surface area contributed by atoms with Crippen molar-refractivity contribution in [1.29, 1.82) is 0 Å². The molecule has 0 radical (unpaired) electrons. The van der Waals surface area contributed by atoms with Crippen LogP contribution in [-0.2, 0) is 6.18 Å². The summed E-state index contributed by atoms with van der Waals surface area (Å²) < 4.78 is 46.2. The smallest absolute Gasteiger partial charge is 0.420 e. The van der Waals surface area contributed by atoms with Crippen molar-refractivity contribution in [2.24, 2.45) is 0 Å². The van der Waals surface area contributed by atoms with Crippen LogP contribution in [0.4, 0.5) is 24.0 Å². The fourth-order valence-electron chi connectivity index (χ4n) is 2.96. The van der Waals surface area contributed by atoms with Gasteiger partial charge in [-0.05, 0) is 50.1 Å². The van der Waals surface area contributed by atoms with Crippen LogP contribution in [0.25, 0.3) is 11.3 Å². The lowest BCUT2D eigenvalue weighted by Gasteiger charge is -2.15. The number of nitrogens with zero attached hydrogens (tertiary/aromatic N) is 2. The average molecular weight is 462 g/mol. The molecule has 0 amide bonds. The number of unbranched alkanes of at least 4 members (excludes halogenated alkanes) is 2. The van der Waals surface area contributed by atoms with Gasteiger partial charge in [-0.1, -0.05) is 31.9 Å². The van der Waals surface area contributed by atoms with Crippen LogP contribution in [-0.4, -0.2) is 16.6 Å². The standard InChI is InChI=1S/C24H26F3N3OS/c1-3-4-5-6-7-8-13-31-22-12-11-19(14-20(22)24(25,26)27)29-23-30-21(16-32-23)18-10-9-17(2)28-15-18/h6-7,9-12,14-16H,3-5,8,13H2,1-2H3,(H,29,30). The number of hydrogen-bond acceptors (Lipinski definition) is 5. The summed E-state index contributed by atoms with van der Waals surface area (Å²) in [5, 5.41) is 5.30. The first-order chi connectivity index (χ1) is 15.4. The highest BCUT2D eigenvalue weighted by atomic mass is 32.1. The Morgan fingerprint density at radius 2 is 1.94 bits per heavy atom. The van der Waals surface area contributed by atoms with E-state index in [1.807, 2.05) is 36.6 Å². The number of pyridine rings is 1. The quantitative estimate of drug-likeness (QED) is 0.247. The molecule has 4 nitrogen and oxygen atoms in total. The van der Waals surface area contributed by atoms with Crippen molar-refractivity contribution < 1.29 is 17.9 Å². The Balaban J connectivity index is 1.67. The number of aryl methyl sites for hydroxylation is 1. The van der Waals surface area contributed by atoms with Crippen molar-refractivity contribution in [2.45, 2.75) is 45.7 Å². The number of aromatic nitrogens is 2. The number of alkyl halides is 3. The Morgan fingerprint density at radius 3 is 2.66 bits per heavy atom. The molecule has 0 aliphatic carbocycles. The van der Waals surface area contributed by atoms with Gasteiger partial charge in [0, 0.05) is 28.5 Å². The van der Waals surface area contributed by atoms with Crippen LogP contribution in [0.3, 0.4) is 0 Å². The first-order valence-electron chi connectivity index (χ1n) is 10.5. The molecule has 0 fully saturated rings. The van der Waals surface area contributed by atoms with E-state index >= 15 is 0 Å². The highest BCUT2D eigenvalue weighted by molar-refractivity contribution is 7.14. The first-order valence-corrected chi connectivity index (χ1v) is 11.4. The van der Waals surface area contributed by atoms with E-state index in [9.17, 15) is 13.2 Å². The van der Waals surface area contributed by atoms with E-state index in [4.69, 9.17) is 4.74 Å². The van der Waals surface area contributed by atoms with Crippen molar-refractivity contribution >= 4 is 22.2 Å². The largest absolute Gasteiger partial charge is 0.493 e. The number of ether oxygens (including phenoxy) is 1. The molecule has 3 rings (SSSR count). The fourth-order valence-corrected chi connectivity index (χ4v) is 3.70. The summed E-state index contributed by atoms with van der Waals surface area (Å²) in [7, 11) is 0. The highest BCUT2D eigenvalue weighted by Gasteiger charge is 2.34. The van der Waals surface area contributed by atoms with Gasteiger partial charge in [0.15, 0.2) is 5.13 Å². The van der Waals surface area contributed by atoms with E-state index in [2.05, 4.69) is 22.2 Å². The molecule has 0 spiro atoms. The number of halogens is 3. The van der Waals surface area contributed by atoms with Gasteiger partial charge in [-0.2, -0.15) is 13.2 Å². The predicted molar refractivity (Wildman–Crippen MR) is 124 cm³/mol. The van der Waals surface area contributed by atoms with E-state index < -0.39 is 11.7 Å². The molecule has 170 valence electrons. The number of benzene rings is 1. The van der Waals surface area contributed by atoms with Crippen molar-refractivity contribution in [3.63, 3.8) is 0 Å². The summed E-state index contributed by atoms with van der Waals surface area (Å²) in [6.07, 6.45) is 4.95. The number of nitrogens with one attached hydrogen (secondary N) is 1. The summed E-state index contributed by atoms with van der Waals surface area (Å²) >= 11 is 1.32. The Labute approximate surface area is 190 Å². The fraction of sp³-hybridized carbons (Fsp3) is 0.333. The Morgan fingerprint density at radius 1 is 1.12 bits per heavy atom. The van der Waals surface area contributed by atoms with Crippen LogP contribution < -0.4 is 10.1 Å². The van der Waals surface area contributed by atoms with Crippen LogP contribution in [0.2, 0.25) is 0 Å². The molecule has 0 atom stereocenters. The van der Waals surface area contributed by atoms with E-state index in [0.29, 0.717) is 22.9 Å². The van der Waals surface area contributed by atoms with E-state index in [0.717, 1.165) is 36.6 Å². The number of thiazole rings is 1. The predicted octanol–water partition coefficient (Wildman–Crippen LogP) is 7.79. The van der Waals surface area contributed by atoms with E-state index in [1.165, 1.54) is 17.4 Å². The monoisotopic (exact) mass is 461 g/mol. The van der Waals surface area contributed by atoms with E-state index in [-0.39, 0.29) is 12.4 Å².